The van der Waals surface area contributed by atoms with E-state index in [1.54, 1.807) is 18.7 Å². The molecule has 1 unspecified atom stereocenters. The number of oxime groups is 1. The van der Waals surface area contributed by atoms with Gasteiger partial charge in [-0.25, -0.2) is 22.9 Å². The molecule has 0 bridgehead atoms. The predicted octanol–water partition coefficient (Wildman–Crippen LogP) is 2.82. The number of hydrogen-bond donors (Lipinski definition) is 2. The summed E-state index contributed by atoms with van der Waals surface area (Å²) in [4.78, 5) is 35.4. The van der Waals surface area contributed by atoms with Crippen molar-refractivity contribution in [3.05, 3.63) is 63.7 Å². The van der Waals surface area contributed by atoms with Gasteiger partial charge in [0.2, 0.25) is 5.43 Å². The van der Waals surface area contributed by atoms with Gasteiger partial charge in [0, 0.05) is 31.8 Å². The number of aromatic carboxylic acids is 1. The summed E-state index contributed by atoms with van der Waals surface area (Å²) in [5.41, 5.74) is 3.81. The third kappa shape index (κ3) is 4.44. The molecule has 3 heterocycles. The standard InChI is InChI=1S/C23H22F3N5O4/c1-3-35-29-18-6-7-30(11-23(18,2)27)21-16(26)9-13-19(32)14(22(33)34)10-31(20(13)28-21)17-5-4-12(24)8-15(17)25/h4-5,8-10H,3,6-7,11,27H2,1-2H3,(H,33,34)/b29-18+. The first-order valence-corrected chi connectivity index (χ1v) is 10.7. The summed E-state index contributed by atoms with van der Waals surface area (Å²) >= 11 is 0. The van der Waals surface area contributed by atoms with Crippen molar-refractivity contribution in [3.8, 4) is 5.69 Å². The van der Waals surface area contributed by atoms with E-state index in [1.165, 1.54) is 0 Å². The minimum atomic E-state index is -1.59. The van der Waals surface area contributed by atoms with Gasteiger partial charge in [0.25, 0.3) is 0 Å². The Kier molecular flexibility index (Phi) is 6.24. The Morgan fingerprint density at radius 1 is 1.29 bits per heavy atom. The van der Waals surface area contributed by atoms with Crippen LogP contribution in [0.5, 0.6) is 0 Å². The second-order valence-corrected chi connectivity index (χ2v) is 8.35. The fourth-order valence-electron chi connectivity index (χ4n) is 4.02. The first-order chi connectivity index (χ1) is 16.5. The molecule has 184 valence electrons. The number of carboxylic acids is 1. The number of anilines is 1. The van der Waals surface area contributed by atoms with Crippen LogP contribution in [-0.4, -0.2) is 51.6 Å². The molecule has 3 aromatic rings. The summed E-state index contributed by atoms with van der Waals surface area (Å²) in [7, 11) is 0. The maximum absolute atomic E-state index is 15.2. The fourth-order valence-corrected chi connectivity index (χ4v) is 4.02. The number of nitrogens with zero attached hydrogens (tertiary/aromatic N) is 4. The molecule has 1 aromatic carbocycles. The van der Waals surface area contributed by atoms with Crippen molar-refractivity contribution in [3.63, 3.8) is 0 Å². The van der Waals surface area contributed by atoms with E-state index in [9.17, 15) is 23.5 Å². The molecule has 1 aliphatic heterocycles. The quantitative estimate of drug-likeness (QED) is 0.529. The van der Waals surface area contributed by atoms with Crippen molar-refractivity contribution in [2.45, 2.75) is 25.8 Å². The number of aromatic nitrogens is 2. The highest BCUT2D eigenvalue weighted by Gasteiger charge is 2.36. The molecule has 35 heavy (non-hydrogen) atoms. The van der Waals surface area contributed by atoms with E-state index in [0.29, 0.717) is 24.8 Å². The highest BCUT2D eigenvalue weighted by Crippen LogP contribution is 2.28. The molecule has 4 rings (SSSR count). The minimum Gasteiger partial charge on any atom is -0.477 e. The molecule has 0 radical (unpaired) electrons. The highest BCUT2D eigenvalue weighted by molar-refractivity contribution is 5.95. The number of piperidine rings is 1. The lowest BCUT2D eigenvalue weighted by atomic mass is 9.90. The topological polar surface area (TPSA) is 123 Å². The van der Waals surface area contributed by atoms with Crippen LogP contribution in [-0.2, 0) is 4.84 Å². The van der Waals surface area contributed by atoms with Crippen LogP contribution in [0.25, 0.3) is 16.7 Å². The van der Waals surface area contributed by atoms with Gasteiger partial charge in [0.1, 0.15) is 23.8 Å². The molecular formula is C23H22F3N5O4. The normalized spacial score (nSPS) is 19.4. The number of pyridine rings is 2. The van der Waals surface area contributed by atoms with Gasteiger partial charge in [-0.2, -0.15) is 0 Å². The van der Waals surface area contributed by atoms with Crippen molar-refractivity contribution < 1.29 is 27.9 Å². The molecule has 12 heteroatoms. The second-order valence-electron chi connectivity index (χ2n) is 8.35. The van der Waals surface area contributed by atoms with Gasteiger partial charge in [0.15, 0.2) is 17.3 Å². The van der Waals surface area contributed by atoms with E-state index in [0.717, 1.165) is 29.0 Å². The van der Waals surface area contributed by atoms with Crippen molar-refractivity contribution in [2.75, 3.05) is 24.6 Å². The van der Waals surface area contributed by atoms with Crippen LogP contribution in [0.4, 0.5) is 19.0 Å². The van der Waals surface area contributed by atoms with Crippen LogP contribution < -0.4 is 16.1 Å². The highest BCUT2D eigenvalue weighted by atomic mass is 19.1. The molecule has 1 saturated heterocycles. The maximum atomic E-state index is 15.2. The summed E-state index contributed by atoms with van der Waals surface area (Å²) < 4.78 is 44.3. The van der Waals surface area contributed by atoms with Gasteiger partial charge in [-0.05, 0) is 32.0 Å². The summed E-state index contributed by atoms with van der Waals surface area (Å²) in [5.74, 6) is -4.51. The van der Waals surface area contributed by atoms with Gasteiger partial charge in [-0.1, -0.05) is 5.16 Å². The molecule has 0 spiro atoms. The number of nitrogens with two attached hydrogens (primary N) is 1. The lowest BCUT2D eigenvalue weighted by molar-refractivity contribution is 0.0695. The molecule has 1 fully saturated rings. The lowest BCUT2D eigenvalue weighted by Crippen LogP contribution is -2.59. The Balaban J connectivity index is 1.91. The Labute approximate surface area is 197 Å². The van der Waals surface area contributed by atoms with Crippen LogP contribution in [0.15, 0.2) is 40.4 Å². The number of rotatable bonds is 5. The zero-order valence-corrected chi connectivity index (χ0v) is 18.9. The minimum absolute atomic E-state index is 0.108. The zero-order chi connectivity index (χ0) is 25.5. The summed E-state index contributed by atoms with van der Waals surface area (Å²) in [6.07, 6.45) is 1.23. The fraction of sp³-hybridized carbons (Fsp3) is 0.304. The molecular weight excluding hydrogens is 467 g/mol. The Morgan fingerprint density at radius 2 is 2.03 bits per heavy atom. The first-order valence-electron chi connectivity index (χ1n) is 10.7. The smallest absolute Gasteiger partial charge is 0.341 e. The molecule has 1 aliphatic rings. The maximum Gasteiger partial charge on any atom is 0.341 e. The zero-order valence-electron chi connectivity index (χ0n) is 18.9. The molecule has 9 nitrogen and oxygen atoms in total. The van der Waals surface area contributed by atoms with Crippen molar-refractivity contribution in [1.82, 2.24) is 9.55 Å². The number of hydrogen-bond acceptors (Lipinski definition) is 7. The molecule has 3 N–H and O–H groups in total. The molecule has 0 aliphatic carbocycles. The largest absolute Gasteiger partial charge is 0.477 e. The second kappa shape index (κ2) is 9.02. The average Bonchev–Trinajstić information content (AvgIpc) is 2.78. The Morgan fingerprint density at radius 3 is 2.66 bits per heavy atom. The third-order valence-corrected chi connectivity index (χ3v) is 5.71. The van der Waals surface area contributed by atoms with Crippen molar-refractivity contribution >= 4 is 28.5 Å². The molecule has 1 atom stereocenters. The Hall–Kier alpha value is -3.93. The SMILES string of the molecule is CCO/N=C1\CCN(c2nc3c(cc2F)c(=O)c(C(=O)O)cn3-c2ccc(F)cc2F)CC1(C)N. The predicted molar refractivity (Wildman–Crippen MR) is 123 cm³/mol. The molecule has 0 saturated carbocycles. The van der Waals surface area contributed by atoms with Gasteiger partial charge in [-0.3, -0.25) is 9.36 Å². The van der Waals surface area contributed by atoms with Gasteiger partial charge in [0.05, 0.1) is 22.3 Å². The van der Waals surface area contributed by atoms with E-state index in [1.807, 2.05) is 0 Å². The summed E-state index contributed by atoms with van der Waals surface area (Å²) in [5, 5.41) is 13.1. The average molecular weight is 489 g/mol. The van der Waals surface area contributed by atoms with Crippen molar-refractivity contribution in [1.29, 1.82) is 0 Å². The van der Waals surface area contributed by atoms with Crippen LogP contribution in [0.3, 0.4) is 0 Å². The summed E-state index contributed by atoms with van der Waals surface area (Å²) in [6.45, 7) is 4.23. The number of halogens is 3. The van der Waals surface area contributed by atoms with E-state index in [2.05, 4.69) is 10.1 Å². The van der Waals surface area contributed by atoms with Gasteiger partial charge >= 0.3 is 5.97 Å². The number of carbonyl (C=O) groups is 1. The monoisotopic (exact) mass is 489 g/mol. The molecule has 2 aromatic heterocycles. The van der Waals surface area contributed by atoms with Crippen LogP contribution in [0, 0.1) is 17.5 Å². The van der Waals surface area contributed by atoms with E-state index >= 15 is 4.39 Å². The third-order valence-electron chi connectivity index (χ3n) is 5.71. The van der Waals surface area contributed by atoms with Crippen LogP contribution in [0.1, 0.15) is 30.6 Å². The number of benzene rings is 1. The Bertz CT molecular complexity index is 1420. The van der Waals surface area contributed by atoms with Crippen LogP contribution in [0.2, 0.25) is 0 Å². The van der Waals surface area contributed by atoms with E-state index in [4.69, 9.17) is 10.6 Å². The summed E-state index contributed by atoms with van der Waals surface area (Å²) in [6, 6.07) is 3.51. The van der Waals surface area contributed by atoms with E-state index < -0.39 is 40.0 Å². The van der Waals surface area contributed by atoms with E-state index in [-0.39, 0.29) is 35.6 Å². The first kappa shape index (κ1) is 24.2. The van der Waals surface area contributed by atoms with Gasteiger partial charge in [-0.15, -0.1) is 0 Å². The van der Waals surface area contributed by atoms with Gasteiger partial charge < -0.3 is 20.6 Å². The molecule has 0 amide bonds. The number of carboxylic acid groups (broad SMARTS) is 1. The van der Waals surface area contributed by atoms with Crippen molar-refractivity contribution in [2.24, 2.45) is 10.9 Å². The van der Waals surface area contributed by atoms with Crippen LogP contribution >= 0.6 is 0 Å². The number of fused-ring (bicyclic) bond motifs is 1. The lowest BCUT2D eigenvalue weighted by Gasteiger charge is -2.39.